The van der Waals surface area contributed by atoms with E-state index in [0.29, 0.717) is 12.0 Å². The fraction of sp³-hybridized carbons (Fsp3) is 0.333. The second-order valence-electron chi connectivity index (χ2n) is 4.38. The number of nitrogens with one attached hydrogen (secondary N) is 2. The molecule has 1 aromatic rings. The maximum Gasteiger partial charge on any atom is 0.275 e. The molecule has 1 heterocycles. The first-order chi connectivity index (χ1) is 9.49. The van der Waals surface area contributed by atoms with Crippen molar-refractivity contribution in [3.63, 3.8) is 0 Å². The van der Waals surface area contributed by atoms with E-state index in [0.717, 1.165) is 0 Å². The predicted octanol–water partition coefficient (Wildman–Crippen LogP) is 1.14. The lowest BCUT2D eigenvalue weighted by atomic mass is 10.1. The summed E-state index contributed by atoms with van der Waals surface area (Å²) in [4.78, 5) is 33.0. The Kier molecular flexibility index (Phi) is 4.31. The maximum absolute atomic E-state index is 11.6. The number of benzene rings is 1. The number of amides is 2. The molecule has 2 amide bonds. The van der Waals surface area contributed by atoms with E-state index < -0.39 is 16.9 Å². The van der Waals surface area contributed by atoms with E-state index in [1.807, 2.05) is 0 Å². The fourth-order valence-corrected chi connectivity index (χ4v) is 2.24. The van der Waals surface area contributed by atoms with Crippen molar-refractivity contribution < 1.29 is 14.5 Å². The van der Waals surface area contributed by atoms with Gasteiger partial charge in [-0.1, -0.05) is 17.7 Å². The van der Waals surface area contributed by atoms with E-state index in [1.165, 1.54) is 12.1 Å². The van der Waals surface area contributed by atoms with Gasteiger partial charge in [-0.05, 0) is 12.5 Å². The zero-order valence-corrected chi connectivity index (χ0v) is 11.1. The molecule has 2 N–H and O–H groups in total. The van der Waals surface area contributed by atoms with Gasteiger partial charge in [0, 0.05) is 19.0 Å². The largest absolute Gasteiger partial charge is 0.301 e. The molecule has 0 spiro atoms. The van der Waals surface area contributed by atoms with Crippen molar-refractivity contribution in [2.24, 2.45) is 0 Å². The highest BCUT2D eigenvalue weighted by atomic mass is 35.5. The minimum Gasteiger partial charge on any atom is -0.301 e. The van der Waals surface area contributed by atoms with Crippen LogP contribution in [0.4, 0.5) is 5.69 Å². The van der Waals surface area contributed by atoms with Crippen LogP contribution in [0.5, 0.6) is 0 Å². The van der Waals surface area contributed by atoms with Crippen LogP contribution in [0.1, 0.15) is 18.4 Å². The van der Waals surface area contributed by atoms with Gasteiger partial charge in [-0.2, -0.15) is 0 Å². The molecule has 0 aliphatic carbocycles. The van der Waals surface area contributed by atoms with Crippen LogP contribution < -0.4 is 10.6 Å². The standard InChI is InChI=1S/C12H12ClN3O4/c13-8-2-1-3-10(16(19)20)7(8)6-14-9-4-5-11(17)15-12(9)18/h1-3,9,14H,4-6H2,(H,15,17,18). The van der Waals surface area contributed by atoms with Gasteiger partial charge in [0.15, 0.2) is 0 Å². The molecule has 1 aromatic carbocycles. The van der Waals surface area contributed by atoms with Gasteiger partial charge in [-0.25, -0.2) is 0 Å². The fourth-order valence-electron chi connectivity index (χ4n) is 2.01. The highest BCUT2D eigenvalue weighted by Crippen LogP contribution is 2.26. The Morgan fingerprint density at radius 2 is 2.20 bits per heavy atom. The van der Waals surface area contributed by atoms with E-state index in [4.69, 9.17) is 11.6 Å². The predicted molar refractivity (Wildman–Crippen MR) is 71.1 cm³/mol. The van der Waals surface area contributed by atoms with Crippen molar-refractivity contribution >= 4 is 29.1 Å². The number of carbonyl (C=O) groups is 2. The van der Waals surface area contributed by atoms with Crippen LogP contribution in [0.15, 0.2) is 18.2 Å². The summed E-state index contributed by atoms with van der Waals surface area (Å²) < 4.78 is 0. The molecule has 0 bridgehead atoms. The van der Waals surface area contributed by atoms with E-state index in [-0.39, 0.29) is 29.6 Å². The molecular formula is C12H12ClN3O4. The van der Waals surface area contributed by atoms with Gasteiger partial charge in [0.1, 0.15) is 0 Å². The molecule has 8 heteroatoms. The quantitative estimate of drug-likeness (QED) is 0.493. The molecular weight excluding hydrogens is 286 g/mol. The molecule has 1 atom stereocenters. The number of rotatable bonds is 4. The average molecular weight is 298 g/mol. The lowest BCUT2D eigenvalue weighted by molar-refractivity contribution is -0.385. The van der Waals surface area contributed by atoms with E-state index in [2.05, 4.69) is 10.6 Å². The van der Waals surface area contributed by atoms with Gasteiger partial charge in [0.25, 0.3) is 5.69 Å². The second kappa shape index (κ2) is 5.98. The SMILES string of the molecule is O=C1CCC(NCc2c(Cl)cccc2[N+](=O)[O-])C(=O)N1. The molecule has 0 radical (unpaired) electrons. The van der Waals surface area contributed by atoms with E-state index in [1.54, 1.807) is 6.07 Å². The van der Waals surface area contributed by atoms with Crippen molar-refractivity contribution in [2.75, 3.05) is 0 Å². The summed E-state index contributed by atoms with van der Waals surface area (Å²) in [6.07, 6.45) is 0.608. The smallest absolute Gasteiger partial charge is 0.275 e. The molecule has 1 aliphatic heterocycles. The van der Waals surface area contributed by atoms with Crippen LogP contribution in [0.2, 0.25) is 5.02 Å². The Hall–Kier alpha value is -1.99. The van der Waals surface area contributed by atoms with Gasteiger partial charge in [-0.3, -0.25) is 25.0 Å². The molecule has 1 saturated heterocycles. The lowest BCUT2D eigenvalue weighted by Gasteiger charge is -2.22. The lowest BCUT2D eigenvalue weighted by Crippen LogP contribution is -2.50. The van der Waals surface area contributed by atoms with Crippen molar-refractivity contribution in [3.05, 3.63) is 38.9 Å². The summed E-state index contributed by atoms with van der Waals surface area (Å²) in [7, 11) is 0. The van der Waals surface area contributed by atoms with Crippen LogP contribution in [0.3, 0.4) is 0 Å². The molecule has 1 fully saturated rings. The van der Waals surface area contributed by atoms with Crippen LogP contribution in [-0.4, -0.2) is 22.8 Å². The maximum atomic E-state index is 11.6. The van der Waals surface area contributed by atoms with E-state index in [9.17, 15) is 19.7 Å². The number of imide groups is 1. The first kappa shape index (κ1) is 14.4. The number of nitro groups is 1. The summed E-state index contributed by atoms with van der Waals surface area (Å²) in [6, 6.07) is 3.85. The van der Waals surface area contributed by atoms with Crippen molar-refractivity contribution in [2.45, 2.75) is 25.4 Å². The molecule has 20 heavy (non-hydrogen) atoms. The second-order valence-corrected chi connectivity index (χ2v) is 4.79. The number of halogens is 1. The minimum absolute atomic E-state index is 0.0856. The van der Waals surface area contributed by atoms with Gasteiger partial charge < -0.3 is 5.32 Å². The van der Waals surface area contributed by atoms with Crippen LogP contribution in [0.25, 0.3) is 0 Å². The normalized spacial score (nSPS) is 18.8. The molecule has 1 aliphatic rings. The molecule has 0 saturated carbocycles. The van der Waals surface area contributed by atoms with Crippen molar-refractivity contribution in [1.29, 1.82) is 0 Å². The summed E-state index contributed by atoms with van der Waals surface area (Å²) in [5, 5.41) is 16.3. The number of hydrogen-bond donors (Lipinski definition) is 2. The topological polar surface area (TPSA) is 101 Å². The van der Waals surface area contributed by atoms with Gasteiger partial charge in [0.05, 0.1) is 21.6 Å². The highest BCUT2D eigenvalue weighted by Gasteiger charge is 2.27. The Morgan fingerprint density at radius 3 is 2.85 bits per heavy atom. The summed E-state index contributed by atoms with van der Waals surface area (Å²) in [5.74, 6) is -0.729. The Labute approximate surface area is 119 Å². The first-order valence-electron chi connectivity index (χ1n) is 5.98. The third kappa shape index (κ3) is 3.12. The van der Waals surface area contributed by atoms with Crippen molar-refractivity contribution in [1.82, 2.24) is 10.6 Å². The van der Waals surface area contributed by atoms with Crippen LogP contribution in [0, 0.1) is 10.1 Å². The van der Waals surface area contributed by atoms with Crippen molar-refractivity contribution in [3.8, 4) is 0 Å². The number of carbonyl (C=O) groups excluding carboxylic acids is 2. The Balaban J connectivity index is 2.09. The van der Waals surface area contributed by atoms with Crippen LogP contribution in [-0.2, 0) is 16.1 Å². The zero-order chi connectivity index (χ0) is 14.7. The number of nitrogens with zero attached hydrogens (tertiary/aromatic N) is 1. The van der Waals surface area contributed by atoms with Gasteiger partial charge in [-0.15, -0.1) is 0 Å². The minimum atomic E-state index is -0.552. The third-order valence-corrected chi connectivity index (χ3v) is 3.41. The molecule has 0 aromatic heterocycles. The number of piperidine rings is 1. The molecule has 7 nitrogen and oxygen atoms in total. The van der Waals surface area contributed by atoms with Gasteiger partial charge in [0.2, 0.25) is 11.8 Å². The summed E-state index contributed by atoms with van der Waals surface area (Å²) in [5.41, 5.74) is 0.223. The monoisotopic (exact) mass is 297 g/mol. The Morgan fingerprint density at radius 1 is 1.45 bits per heavy atom. The average Bonchev–Trinajstić information content (AvgIpc) is 2.38. The first-order valence-corrected chi connectivity index (χ1v) is 6.35. The summed E-state index contributed by atoms with van der Waals surface area (Å²) >= 11 is 5.95. The molecule has 2 rings (SSSR count). The summed E-state index contributed by atoms with van der Waals surface area (Å²) in [6.45, 7) is 0.0856. The van der Waals surface area contributed by atoms with E-state index >= 15 is 0 Å². The number of hydrogen-bond acceptors (Lipinski definition) is 5. The number of nitro benzene ring substituents is 1. The van der Waals surface area contributed by atoms with Gasteiger partial charge >= 0.3 is 0 Å². The highest BCUT2D eigenvalue weighted by molar-refractivity contribution is 6.31. The van der Waals surface area contributed by atoms with Crippen LogP contribution >= 0.6 is 11.6 Å². The third-order valence-electron chi connectivity index (χ3n) is 3.06. The molecule has 106 valence electrons. The Bertz CT molecular complexity index is 576. The zero-order valence-electron chi connectivity index (χ0n) is 10.4. The molecule has 1 unspecified atom stereocenters.